The van der Waals surface area contributed by atoms with E-state index < -0.39 is 31.6 Å². The second-order valence-corrected chi connectivity index (χ2v) is 5.87. The fourth-order valence-corrected chi connectivity index (χ4v) is 2.69. The maximum atomic E-state index is 11.6. The molecule has 18 heavy (non-hydrogen) atoms. The van der Waals surface area contributed by atoms with Crippen molar-refractivity contribution in [1.82, 2.24) is 0 Å². The van der Waals surface area contributed by atoms with Gasteiger partial charge in [-0.3, -0.25) is 14.2 Å². The summed E-state index contributed by atoms with van der Waals surface area (Å²) in [6.45, 7) is 1.98. The molecule has 7 nitrogen and oxygen atoms in total. The van der Waals surface area contributed by atoms with Crippen LogP contribution in [0.1, 0.15) is 32.6 Å². The maximum absolute atomic E-state index is 11.6. The summed E-state index contributed by atoms with van der Waals surface area (Å²) < 4.78 is 16.3. The lowest BCUT2D eigenvalue weighted by Gasteiger charge is -2.16. The summed E-state index contributed by atoms with van der Waals surface area (Å²) >= 11 is 0. The van der Waals surface area contributed by atoms with Gasteiger partial charge in [-0.15, -0.1) is 0 Å². The van der Waals surface area contributed by atoms with E-state index >= 15 is 0 Å². The van der Waals surface area contributed by atoms with Gasteiger partial charge < -0.3 is 19.6 Å². The zero-order valence-corrected chi connectivity index (χ0v) is 11.1. The predicted molar refractivity (Wildman–Crippen MR) is 63.5 cm³/mol. The van der Waals surface area contributed by atoms with Gasteiger partial charge in [0.05, 0.1) is 18.7 Å². The van der Waals surface area contributed by atoms with Crippen LogP contribution < -0.4 is 0 Å². The Morgan fingerprint density at radius 3 is 2.39 bits per heavy atom. The zero-order valence-electron chi connectivity index (χ0n) is 10.2. The van der Waals surface area contributed by atoms with Crippen molar-refractivity contribution in [3.8, 4) is 0 Å². The van der Waals surface area contributed by atoms with E-state index in [1.54, 1.807) is 0 Å². The molecule has 0 spiro atoms. The van der Waals surface area contributed by atoms with Crippen molar-refractivity contribution in [1.29, 1.82) is 0 Å². The minimum absolute atomic E-state index is 0.0928. The number of hydrogen-bond acceptors (Lipinski definition) is 4. The van der Waals surface area contributed by atoms with E-state index in [9.17, 15) is 19.0 Å². The van der Waals surface area contributed by atoms with Crippen LogP contribution in [0.25, 0.3) is 0 Å². The molecule has 2 atom stereocenters. The van der Waals surface area contributed by atoms with Crippen LogP contribution in [-0.2, 0) is 18.7 Å². The number of carboxylic acids is 2. The Hall–Kier alpha value is -0.910. The Balaban J connectivity index is 4.33. The van der Waals surface area contributed by atoms with E-state index in [1.165, 1.54) is 0 Å². The molecule has 0 rings (SSSR count). The first kappa shape index (κ1) is 17.1. The molecule has 0 fully saturated rings. The smallest absolute Gasteiger partial charge is 0.328 e. The van der Waals surface area contributed by atoms with E-state index in [4.69, 9.17) is 14.7 Å². The molecular formula is C10H19O7P. The molecule has 0 aliphatic rings. The van der Waals surface area contributed by atoms with Crippen molar-refractivity contribution >= 4 is 19.5 Å². The molecule has 0 radical (unpaired) electrons. The number of aliphatic carboxylic acids is 2. The van der Waals surface area contributed by atoms with Gasteiger partial charge in [0.2, 0.25) is 0 Å². The molecule has 106 valence electrons. The summed E-state index contributed by atoms with van der Waals surface area (Å²) in [5.74, 6) is -3.61. The molecular weight excluding hydrogens is 263 g/mol. The van der Waals surface area contributed by atoms with Crippen LogP contribution in [-0.4, -0.2) is 39.8 Å². The van der Waals surface area contributed by atoms with Gasteiger partial charge in [0.25, 0.3) is 0 Å². The maximum Gasteiger partial charge on any atom is 0.328 e. The molecule has 3 N–H and O–H groups in total. The van der Waals surface area contributed by atoms with Crippen LogP contribution in [0.3, 0.4) is 0 Å². The van der Waals surface area contributed by atoms with E-state index in [0.717, 1.165) is 6.42 Å². The van der Waals surface area contributed by atoms with Gasteiger partial charge in [0, 0.05) is 6.42 Å². The van der Waals surface area contributed by atoms with Crippen molar-refractivity contribution in [3.63, 3.8) is 0 Å². The fraction of sp³-hybridized carbons (Fsp3) is 0.800. The molecule has 0 bridgehead atoms. The topological polar surface area (TPSA) is 121 Å². The number of rotatable bonds is 10. The first-order valence-electron chi connectivity index (χ1n) is 5.69. The number of carboxylic acid groups (broad SMARTS) is 2. The number of unbranched alkanes of at least 4 members (excludes halogenated alkanes) is 1. The van der Waals surface area contributed by atoms with Gasteiger partial charge in [0.15, 0.2) is 0 Å². The van der Waals surface area contributed by atoms with Crippen LogP contribution in [0.15, 0.2) is 0 Å². The monoisotopic (exact) mass is 282 g/mol. The minimum atomic E-state index is -3.97. The Labute approximate surface area is 105 Å². The summed E-state index contributed by atoms with van der Waals surface area (Å²) in [7, 11) is -3.97. The van der Waals surface area contributed by atoms with E-state index in [1.807, 2.05) is 6.92 Å². The molecule has 2 unspecified atom stereocenters. The lowest BCUT2D eigenvalue weighted by Crippen LogP contribution is -2.20. The molecule has 0 heterocycles. The summed E-state index contributed by atoms with van der Waals surface area (Å²) in [6, 6.07) is 0. The summed E-state index contributed by atoms with van der Waals surface area (Å²) in [5.41, 5.74) is 0. The number of carbonyl (C=O) groups is 2. The normalized spacial score (nSPS) is 15.9. The highest BCUT2D eigenvalue weighted by atomic mass is 31.2. The molecule has 0 aliphatic heterocycles. The van der Waals surface area contributed by atoms with Gasteiger partial charge in [-0.25, -0.2) is 0 Å². The van der Waals surface area contributed by atoms with Gasteiger partial charge in [-0.2, -0.15) is 0 Å². The summed E-state index contributed by atoms with van der Waals surface area (Å²) in [6.07, 6.45) is 0.302. The Bertz CT molecular complexity index is 328. The third-order valence-electron chi connectivity index (χ3n) is 2.30. The highest BCUT2D eigenvalue weighted by molar-refractivity contribution is 7.52. The van der Waals surface area contributed by atoms with Gasteiger partial charge >= 0.3 is 19.5 Å². The van der Waals surface area contributed by atoms with Crippen molar-refractivity contribution in [2.75, 3.05) is 12.8 Å². The minimum Gasteiger partial charge on any atom is -0.481 e. The lowest BCUT2D eigenvalue weighted by molar-refractivity contribution is -0.142. The Kier molecular flexibility index (Phi) is 7.82. The highest BCUT2D eigenvalue weighted by Crippen LogP contribution is 2.44. The van der Waals surface area contributed by atoms with Gasteiger partial charge in [-0.05, 0) is 12.8 Å². The van der Waals surface area contributed by atoms with E-state index in [-0.39, 0.29) is 19.4 Å². The third kappa shape index (κ3) is 8.22. The molecule has 0 aromatic heterocycles. The predicted octanol–water partition coefficient (Wildman–Crippen LogP) is 1.55. The fourth-order valence-electron chi connectivity index (χ4n) is 1.27. The first-order chi connectivity index (χ1) is 8.28. The molecule has 0 aromatic rings. The third-order valence-corrected chi connectivity index (χ3v) is 3.79. The molecule has 0 aliphatic carbocycles. The summed E-state index contributed by atoms with van der Waals surface area (Å²) in [4.78, 5) is 30.6. The van der Waals surface area contributed by atoms with Gasteiger partial charge in [0.1, 0.15) is 0 Å². The molecule has 0 saturated carbocycles. The van der Waals surface area contributed by atoms with Crippen molar-refractivity contribution in [3.05, 3.63) is 0 Å². The molecule has 8 heteroatoms. The number of hydrogen-bond donors (Lipinski definition) is 3. The molecule has 0 amide bonds. The van der Waals surface area contributed by atoms with Crippen molar-refractivity contribution in [2.45, 2.75) is 32.6 Å². The van der Waals surface area contributed by atoms with E-state index in [0.29, 0.717) is 6.42 Å². The second-order valence-electron chi connectivity index (χ2n) is 3.97. The second kappa shape index (κ2) is 8.24. The largest absolute Gasteiger partial charge is 0.481 e. The standard InChI is InChI=1S/C10H19O7P/c1-2-3-6-17-18(15,16)7-8(10(13)14)4-5-9(11)12/h8H,2-7H2,1H3,(H,11,12)(H,13,14)(H,15,16). The highest BCUT2D eigenvalue weighted by Gasteiger charge is 2.30. The summed E-state index contributed by atoms with van der Waals surface area (Å²) in [5, 5.41) is 17.3. The Morgan fingerprint density at radius 1 is 1.33 bits per heavy atom. The molecule has 0 aromatic carbocycles. The zero-order chi connectivity index (χ0) is 14.2. The van der Waals surface area contributed by atoms with Gasteiger partial charge in [-0.1, -0.05) is 13.3 Å². The van der Waals surface area contributed by atoms with Crippen LogP contribution in [0, 0.1) is 5.92 Å². The van der Waals surface area contributed by atoms with Crippen molar-refractivity contribution in [2.24, 2.45) is 5.92 Å². The average molecular weight is 282 g/mol. The SMILES string of the molecule is CCCCOP(=O)(O)CC(CCC(=O)O)C(=O)O. The van der Waals surface area contributed by atoms with E-state index in [2.05, 4.69) is 0 Å². The lowest BCUT2D eigenvalue weighted by atomic mass is 10.1. The average Bonchev–Trinajstić information content (AvgIpc) is 2.23. The van der Waals surface area contributed by atoms with Crippen LogP contribution in [0.4, 0.5) is 0 Å². The van der Waals surface area contributed by atoms with Crippen LogP contribution in [0.2, 0.25) is 0 Å². The molecule has 0 saturated heterocycles. The van der Waals surface area contributed by atoms with Crippen molar-refractivity contribution < 1.29 is 33.8 Å². The Morgan fingerprint density at radius 2 is 1.94 bits per heavy atom. The van der Waals surface area contributed by atoms with Crippen LogP contribution in [0.5, 0.6) is 0 Å². The quantitative estimate of drug-likeness (QED) is 0.410. The first-order valence-corrected chi connectivity index (χ1v) is 7.45. The van der Waals surface area contributed by atoms with Crippen LogP contribution >= 0.6 is 7.60 Å².